The highest BCUT2D eigenvalue weighted by molar-refractivity contribution is 6.50. The third kappa shape index (κ3) is 49.8. The molecule has 0 aliphatic heterocycles. The molecule has 82 valence electrons. The summed E-state index contributed by atoms with van der Waals surface area (Å²) in [7, 11) is -6.00. The van der Waals surface area contributed by atoms with Gasteiger partial charge in [-0.2, -0.15) is 0 Å². The molecule has 0 aromatic heterocycles. The second-order valence-corrected chi connectivity index (χ2v) is 2.49. The van der Waals surface area contributed by atoms with Gasteiger partial charge < -0.3 is 28.7 Å². The summed E-state index contributed by atoms with van der Waals surface area (Å²) in [6.45, 7) is 1.65. The zero-order chi connectivity index (χ0) is 10.7. The molecule has 7 heteroatoms. The number of hydrogen-bond acceptors (Lipinski definition) is 2. The molecule has 0 aromatic rings. The van der Waals surface area contributed by atoms with Crippen LogP contribution in [0, 0.1) is 0 Å². The monoisotopic (exact) mass is 203 g/mol. The second-order valence-electron chi connectivity index (χ2n) is 2.49. The van der Waals surface area contributed by atoms with Gasteiger partial charge in [0.05, 0.1) is 0 Å². The van der Waals surface area contributed by atoms with E-state index in [9.17, 15) is 17.3 Å². The lowest BCUT2D eigenvalue weighted by atomic mass is 10.2. The van der Waals surface area contributed by atoms with Gasteiger partial charge in [-0.05, 0) is 25.9 Å². The van der Waals surface area contributed by atoms with Gasteiger partial charge in [0.15, 0.2) is 0 Å². The summed E-state index contributed by atoms with van der Waals surface area (Å²) < 4.78 is 39.0. The molecule has 0 fully saturated rings. The zero-order valence-electron chi connectivity index (χ0n) is 7.49. The average molecular weight is 203 g/mol. The van der Waals surface area contributed by atoms with Crippen LogP contribution in [-0.4, -0.2) is 20.3 Å². The summed E-state index contributed by atoms with van der Waals surface area (Å²) in [6.07, 6.45) is 4.79. The molecule has 0 radical (unpaired) electrons. The van der Waals surface area contributed by atoms with Crippen LogP contribution in [0.2, 0.25) is 0 Å². The zero-order valence-corrected chi connectivity index (χ0v) is 7.49. The van der Waals surface area contributed by atoms with E-state index in [-0.39, 0.29) is 0 Å². The molecule has 4 N–H and O–H groups in total. The number of hydrogen-bond donors (Lipinski definition) is 2. The first-order valence-corrected chi connectivity index (χ1v) is 4.19. The molecule has 0 rings (SSSR count). The maximum absolute atomic E-state index is 9.75. The molecule has 13 heavy (non-hydrogen) atoms. The van der Waals surface area contributed by atoms with E-state index in [1.165, 1.54) is 12.8 Å². The van der Waals surface area contributed by atoms with Crippen LogP contribution in [0.25, 0.3) is 0 Å². The fourth-order valence-electron chi connectivity index (χ4n) is 0.642. The Morgan fingerprint density at radius 1 is 0.692 bits per heavy atom. The van der Waals surface area contributed by atoms with Crippen LogP contribution in [-0.2, 0) is 0 Å². The van der Waals surface area contributed by atoms with E-state index in [4.69, 9.17) is 11.5 Å². The predicted molar refractivity (Wildman–Crippen MR) is 46.8 cm³/mol. The molecule has 0 atom stereocenters. The first-order valence-electron chi connectivity index (χ1n) is 4.19. The van der Waals surface area contributed by atoms with Crippen molar-refractivity contribution in [3.8, 4) is 0 Å². The lowest BCUT2D eigenvalue weighted by Crippen LogP contribution is -2.02. The van der Waals surface area contributed by atoms with Crippen molar-refractivity contribution in [3.05, 3.63) is 0 Å². The van der Waals surface area contributed by atoms with Crippen molar-refractivity contribution >= 4 is 7.25 Å². The Labute approximate surface area is 75.8 Å². The highest BCUT2D eigenvalue weighted by atomic mass is 19.5. The molecule has 2 nitrogen and oxygen atoms in total. The van der Waals surface area contributed by atoms with E-state index < -0.39 is 7.25 Å². The van der Waals surface area contributed by atoms with E-state index in [1.54, 1.807) is 0 Å². The Balaban J connectivity index is 0. The van der Waals surface area contributed by atoms with Crippen molar-refractivity contribution in [1.82, 2.24) is 0 Å². The van der Waals surface area contributed by atoms with Crippen LogP contribution in [0.3, 0.4) is 0 Å². The Morgan fingerprint density at radius 3 is 1.08 bits per heavy atom. The van der Waals surface area contributed by atoms with Crippen molar-refractivity contribution in [1.29, 1.82) is 0 Å². The summed E-state index contributed by atoms with van der Waals surface area (Å²) in [6, 6.07) is 0. The highest BCUT2D eigenvalue weighted by Gasteiger charge is 2.20. The molecule has 0 aromatic carbocycles. The first kappa shape index (κ1) is 15.2. The molecule has 0 saturated carbocycles. The van der Waals surface area contributed by atoms with Crippen molar-refractivity contribution in [2.45, 2.75) is 25.7 Å². The SMILES string of the molecule is F[B-](F)(F)F.NCCCCCCN. The number of rotatable bonds is 5. The summed E-state index contributed by atoms with van der Waals surface area (Å²) in [5.41, 5.74) is 10.6. The standard InChI is InChI=1S/C6H16N2.BF4/c7-5-3-1-2-4-6-8;2-1(3,4)5/h1-8H2;/q;-1. The topological polar surface area (TPSA) is 52.0 Å². The van der Waals surface area contributed by atoms with Gasteiger partial charge >= 0.3 is 7.25 Å². The molecule has 0 aliphatic carbocycles. The first-order chi connectivity index (χ1) is 5.91. The summed E-state index contributed by atoms with van der Waals surface area (Å²) in [5, 5.41) is 0. The summed E-state index contributed by atoms with van der Waals surface area (Å²) >= 11 is 0. The minimum Gasteiger partial charge on any atom is -0.418 e. The molecule has 0 spiro atoms. The van der Waals surface area contributed by atoms with Crippen LogP contribution in [0.5, 0.6) is 0 Å². The third-order valence-electron chi connectivity index (χ3n) is 1.16. The van der Waals surface area contributed by atoms with Gasteiger partial charge in [-0.15, -0.1) is 0 Å². The van der Waals surface area contributed by atoms with Gasteiger partial charge in [0.25, 0.3) is 0 Å². The van der Waals surface area contributed by atoms with Crippen LogP contribution < -0.4 is 11.5 Å². The molecular formula is C6H16BF4N2-. The molecule has 0 unspecified atom stereocenters. The maximum atomic E-state index is 9.75. The third-order valence-corrected chi connectivity index (χ3v) is 1.16. The summed E-state index contributed by atoms with van der Waals surface area (Å²) in [5.74, 6) is 0. The van der Waals surface area contributed by atoms with E-state index in [0.29, 0.717) is 0 Å². The Hall–Kier alpha value is -0.295. The van der Waals surface area contributed by atoms with Crippen LogP contribution >= 0.6 is 0 Å². The minimum atomic E-state index is -6.00. The molecular weight excluding hydrogens is 187 g/mol. The minimum absolute atomic E-state index is 0.824. The van der Waals surface area contributed by atoms with Gasteiger partial charge in [-0.25, -0.2) is 0 Å². The average Bonchev–Trinajstić information content (AvgIpc) is 1.95. The smallest absolute Gasteiger partial charge is 0.418 e. The quantitative estimate of drug-likeness (QED) is 0.406. The van der Waals surface area contributed by atoms with Gasteiger partial charge in [0.2, 0.25) is 0 Å². The van der Waals surface area contributed by atoms with Crippen molar-refractivity contribution in [2.75, 3.05) is 13.1 Å². The number of halogens is 4. The van der Waals surface area contributed by atoms with Crippen LogP contribution in [0.15, 0.2) is 0 Å². The number of unbranched alkanes of at least 4 members (excludes halogenated alkanes) is 3. The van der Waals surface area contributed by atoms with Crippen LogP contribution in [0.1, 0.15) is 25.7 Å². The highest BCUT2D eigenvalue weighted by Crippen LogP contribution is 2.06. The van der Waals surface area contributed by atoms with Crippen molar-refractivity contribution in [2.24, 2.45) is 11.5 Å². The van der Waals surface area contributed by atoms with Crippen molar-refractivity contribution in [3.63, 3.8) is 0 Å². The van der Waals surface area contributed by atoms with Crippen LogP contribution in [0.4, 0.5) is 17.3 Å². The Bertz CT molecular complexity index is 87.1. The van der Waals surface area contributed by atoms with Crippen molar-refractivity contribution < 1.29 is 17.3 Å². The fraction of sp³-hybridized carbons (Fsp3) is 1.00. The van der Waals surface area contributed by atoms with E-state index in [0.717, 1.165) is 25.9 Å². The molecule has 0 amide bonds. The Kier molecular flexibility index (Phi) is 11.4. The lowest BCUT2D eigenvalue weighted by Gasteiger charge is -1.94. The molecule has 0 heterocycles. The van der Waals surface area contributed by atoms with Gasteiger partial charge in [0.1, 0.15) is 0 Å². The van der Waals surface area contributed by atoms with Gasteiger partial charge in [-0.1, -0.05) is 12.8 Å². The Morgan fingerprint density at radius 2 is 0.923 bits per heavy atom. The van der Waals surface area contributed by atoms with Gasteiger partial charge in [0, 0.05) is 0 Å². The molecule has 0 aliphatic rings. The lowest BCUT2D eigenvalue weighted by molar-refractivity contribution is 0.368. The van der Waals surface area contributed by atoms with E-state index in [2.05, 4.69) is 0 Å². The molecule has 0 bridgehead atoms. The summed E-state index contributed by atoms with van der Waals surface area (Å²) in [4.78, 5) is 0. The largest absolute Gasteiger partial charge is 0.673 e. The van der Waals surface area contributed by atoms with E-state index >= 15 is 0 Å². The maximum Gasteiger partial charge on any atom is 0.673 e. The molecule has 0 saturated heterocycles. The van der Waals surface area contributed by atoms with E-state index in [1.807, 2.05) is 0 Å². The predicted octanol–water partition coefficient (Wildman–Crippen LogP) is 1.76. The second kappa shape index (κ2) is 9.79. The normalized spacial score (nSPS) is 10.6. The number of nitrogens with two attached hydrogens (primary N) is 2. The van der Waals surface area contributed by atoms with Gasteiger partial charge in [-0.3, -0.25) is 0 Å². The fourth-order valence-corrected chi connectivity index (χ4v) is 0.642.